The number of ether oxygens (including phenoxy) is 4. The van der Waals surface area contributed by atoms with E-state index in [4.69, 9.17) is 28.9 Å². The van der Waals surface area contributed by atoms with Gasteiger partial charge in [0, 0.05) is 49.3 Å². The third kappa shape index (κ3) is 10.5. The van der Waals surface area contributed by atoms with Crippen molar-refractivity contribution in [3.05, 3.63) is 114 Å². The fourth-order valence-corrected chi connectivity index (χ4v) is 9.65. The molecule has 0 radical (unpaired) electrons. The molecule has 2 fully saturated rings. The molecular weight excluding hydrogens is 775 g/mol. The van der Waals surface area contributed by atoms with Crippen molar-refractivity contribution >= 4 is 11.6 Å². The second-order valence-electron chi connectivity index (χ2n) is 16.7. The van der Waals surface area contributed by atoms with Crippen LogP contribution in [0.25, 0.3) is 0 Å². The summed E-state index contributed by atoms with van der Waals surface area (Å²) in [5.74, 6) is -0.551. The maximum absolute atomic E-state index is 14.6. The Morgan fingerprint density at radius 2 is 1.77 bits per heavy atom. The first kappa shape index (κ1) is 44.5. The predicted molar refractivity (Wildman–Crippen MR) is 232 cm³/mol. The third-order valence-electron chi connectivity index (χ3n) is 12.5. The number of aromatic nitrogens is 1. The Hall–Kier alpha value is -4.59. The summed E-state index contributed by atoms with van der Waals surface area (Å²) in [6.45, 7) is 7.50. The van der Waals surface area contributed by atoms with Crippen LogP contribution in [-0.2, 0) is 32.3 Å². The number of rotatable bonds is 24. The number of carbonyl (C=O) groups is 1. The average molecular weight is 838 g/mol. The summed E-state index contributed by atoms with van der Waals surface area (Å²) in [4.78, 5) is 27.4. The zero-order valence-electron chi connectivity index (χ0n) is 35.5. The predicted octanol–water partition coefficient (Wildman–Crippen LogP) is 7.05. The molecule has 0 spiro atoms. The van der Waals surface area contributed by atoms with Crippen LogP contribution < -0.4 is 9.47 Å². The summed E-state index contributed by atoms with van der Waals surface area (Å²) in [7, 11) is 0. The van der Waals surface area contributed by atoms with Crippen molar-refractivity contribution < 1.29 is 43.9 Å². The van der Waals surface area contributed by atoms with Crippen molar-refractivity contribution in [1.29, 1.82) is 0 Å². The highest BCUT2D eigenvalue weighted by molar-refractivity contribution is 6.03. The minimum atomic E-state index is -1.36. The zero-order chi connectivity index (χ0) is 42.6. The molecule has 4 aliphatic rings. The lowest BCUT2D eigenvalue weighted by Crippen LogP contribution is -2.70. The summed E-state index contributed by atoms with van der Waals surface area (Å²) in [5.41, 5.74) is 5.43. The fourth-order valence-electron chi connectivity index (χ4n) is 9.65. The van der Waals surface area contributed by atoms with Crippen LogP contribution in [0.15, 0.2) is 96.2 Å². The second kappa shape index (κ2) is 21.5. The Morgan fingerprint density at radius 3 is 2.51 bits per heavy atom. The van der Waals surface area contributed by atoms with Gasteiger partial charge in [-0.05, 0) is 98.8 Å². The van der Waals surface area contributed by atoms with Gasteiger partial charge in [-0.15, -0.1) is 6.58 Å². The van der Waals surface area contributed by atoms with Crippen molar-refractivity contribution in [2.75, 3.05) is 46.2 Å². The van der Waals surface area contributed by atoms with E-state index in [0.717, 1.165) is 72.3 Å². The van der Waals surface area contributed by atoms with Crippen molar-refractivity contribution in [2.24, 2.45) is 28.8 Å². The number of amides is 1. The number of unbranched alkanes of at least 4 members (excludes halogenated alkanes) is 2. The largest absolute Gasteiger partial charge is 0.487 e. The highest BCUT2D eigenvalue weighted by atomic mass is 16.7. The first-order chi connectivity index (χ1) is 29.9. The van der Waals surface area contributed by atoms with Gasteiger partial charge in [0.2, 0.25) is 11.7 Å². The number of aryl methyl sites for hydroxylation is 1. The molecule has 1 amide bonds. The molecule has 3 N–H and O–H groups in total. The van der Waals surface area contributed by atoms with E-state index in [2.05, 4.69) is 23.7 Å². The van der Waals surface area contributed by atoms with Crippen LogP contribution in [0.4, 0.5) is 0 Å². The van der Waals surface area contributed by atoms with E-state index in [1.807, 2.05) is 72.5 Å². The Balaban J connectivity index is 1.40. The molecular formula is C49H63N3O9. The molecule has 0 bridgehead atoms. The zero-order valence-corrected chi connectivity index (χ0v) is 35.5. The molecule has 12 nitrogen and oxygen atoms in total. The van der Waals surface area contributed by atoms with Gasteiger partial charge in [0.1, 0.15) is 30.8 Å². The second-order valence-corrected chi connectivity index (χ2v) is 16.7. The highest BCUT2D eigenvalue weighted by Gasteiger charge is 2.66. The summed E-state index contributed by atoms with van der Waals surface area (Å²) in [6, 6.07) is 21.2. The molecule has 61 heavy (non-hydrogen) atoms. The van der Waals surface area contributed by atoms with Crippen LogP contribution in [0.2, 0.25) is 0 Å². The van der Waals surface area contributed by atoms with E-state index in [-0.39, 0.29) is 82.4 Å². The van der Waals surface area contributed by atoms with Crippen molar-refractivity contribution in [2.45, 2.75) is 95.7 Å². The van der Waals surface area contributed by atoms with Crippen LogP contribution in [0.1, 0.15) is 86.2 Å². The van der Waals surface area contributed by atoms with E-state index in [1.165, 1.54) is 0 Å². The molecule has 3 aromatic rings. The van der Waals surface area contributed by atoms with E-state index in [9.17, 15) is 20.1 Å². The van der Waals surface area contributed by atoms with Gasteiger partial charge in [0.05, 0.1) is 43.8 Å². The number of carbonyl (C=O) groups excluding carboxylic acids is 1. The molecule has 3 aliphatic carbocycles. The number of benzene rings is 2. The van der Waals surface area contributed by atoms with E-state index in [1.54, 1.807) is 6.08 Å². The van der Waals surface area contributed by atoms with Gasteiger partial charge in [0.25, 0.3) is 0 Å². The first-order valence-electron chi connectivity index (χ1n) is 22.2. The van der Waals surface area contributed by atoms with Gasteiger partial charge < -0.3 is 44.0 Å². The van der Waals surface area contributed by atoms with Crippen molar-refractivity contribution in [1.82, 2.24) is 9.88 Å². The molecule has 0 saturated heterocycles. The van der Waals surface area contributed by atoms with Crippen LogP contribution in [0.5, 0.6) is 11.5 Å². The number of oxime groups is 1. The fraction of sp³-hybridized carbons (Fsp3) is 0.531. The number of hydrogen-bond donors (Lipinski definition) is 3. The van der Waals surface area contributed by atoms with E-state index >= 15 is 0 Å². The summed E-state index contributed by atoms with van der Waals surface area (Å²) in [5, 5.41) is 34.4. The summed E-state index contributed by atoms with van der Waals surface area (Å²) >= 11 is 0. The van der Waals surface area contributed by atoms with Gasteiger partial charge in [-0.1, -0.05) is 66.5 Å². The lowest BCUT2D eigenvalue weighted by molar-refractivity contribution is -0.258. The number of pyridine rings is 1. The third-order valence-corrected chi connectivity index (χ3v) is 12.5. The first-order valence-corrected chi connectivity index (χ1v) is 22.2. The molecule has 6 atom stereocenters. The number of aliphatic hydroxyl groups is 3. The molecule has 0 unspecified atom stereocenters. The van der Waals surface area contributed by atoms with Crippen LogP contribution in [0, 0.1) is 30.6 Å². The number of aliphatic hydroxyl groups excluding tert-OH is 3. The molecule has 328 valence electrons. The number of hydrogen-bond acceptors (Lipinski definition) is 11. The van der Waals surface area contributed by atoms with Gasteiger partial charge in [-0.3, -0.25) is 9.78 Å². The maximum atomic E-state index is 14.6. The molecule has 7 rings (SSSR count). The van der Waals surface area contributed by atoms with Gasteiger partial charge in [-0.2, -0.15) is 0 Å². The minimum Gasteiger partial charge on any atom is -0.487 e. The van der Waals surface area contributed by atoms with Gasteiger partial charge in [0.15, 0.2) is 0 Å². The Morgan fingerprint density at radius 1 is 0.967 bits per heavy atom. The lowest BCUT2D eigenvalue weighted by atomic mass is 9.55. The van der Waals surface area contributed by atoms with Gasteiger partial charge in [-0.25, -0.2) is 0 Å². The standard InChI is InChI=1S/C49H63N3O9/c1-3-26-59-49-45(52(22-27-57-28-25-55)48(56)36-18-19-36)31-43(51-60-32-35-13-5-4-6-14-35)41-29-37(15-7-9-23-53)40(17-8-10-24-54)46(47(41)49)42-30-39(20-21-44(42)61-49)58-33-38-16-11-12-34(2)50-38/h3-6,11-14,16,20-21,29-30,36-37,40,45-47,53-55H,1,7-10,15,17-19,22-28,31-33H2,2H3/t37-,40+,45-,46+,47+,49+/m0/s1. The molecule has 2 aromatic carbocycles. The smallest absolute Gasteiger partial charge is 0.239 e. The lowest BCUT2D eigenvalue weighted by Gasteiger charge is -2.60. The van der Waals surface area contributed by atoms with Crippen molar-refractivity contribution in [3.63, 3.8) is 0 Å². The number of allylic oxidation sites excluding steroid dienone is 1. The monoisotopic (exact) mass is 837 g/mol. The van der Waals surface area contributed by atoms with Crippen LogP contribution in [0.3, 0.4) is 0 Å². The number of fused-ring (bicyclic) bond motifs is 2. The Labute approximate surface area is 360 Å². The number of nitrogens with zero attached hydrogens (tertiary/aromatic N) is 3. The van der Waals surface area contributed by atoms with Crippen LogP contribution >= 0.6 is 0 Å². The van der Waals surface area contributed by atoms with Crippen molar-refractivity contribution in [3.8, 4) is 11.5 Å². The SMILES string of the molecule is C=CCO[C@@]12Oc3ccc(OCc4cccc(C)n4)cc3[C@H]3[C@H](CCCCO)[C@@H](CCCCO)C=C(C(=NOCc4ccccc4)C[C@@H]1N(CCOCCO)C(=O)C1CC1)[C@H]32. The van der Waals surface area contributed by atoms with Crippen LogP contribution in [-0.4, -0.2) is 94.8 Å². The molecule has 1 aromatic heterocycles. The molecule has 2 heterocycles. The topological polar surface area (TPSA) is 152 Å². The Bertz CT molecular complexity index is 1970. The minimum absolute atomic E-state index is 0.0211. The van der Waals surface area contributed by atoms with E-state index < -0.39 is 17.7 Å². The van der Waals surface area contributed by atoms with E-state index in [0.29, 0.717) is 37.4 Å². The Kier molecular flexibility index (Phi) is 15.7. The normalized spacial score (nSPS) is 24.6. The molecule has 1 aliphatic heterocycles. The average Bonchev–Trinajstić information content (AvgIpc) is 4.13. The van der Waals surface area contributed by atoms with Gasteiger partial charge >= 0.3 is 0 Å². The summed E-state index contributed by atoms with van der Waals surface area (Å²) < 4.78 is 26.7. The quantitative estimate of drug-likeness (QED) is 0.0487. The molecule has 12 heteroatoms. The summed E-state index contributed by atoms with van der Waals surface area (Å²) in [6.07, 6.45) is 10.7. The highest BCUT2D eigenvalue weighted by Crippen LogP contribution is 2.62. The maximum Gasteiger partial charge on any atom is 0.239 e. The molecule has 2 saturated carbocycles.